The number of carbonyl (C=O) groups is 1. The van der Waals surface area contributed by atoms with Crippen LogP contribution in [-0.4, -0.2) is 31.9 Å². The monoisotopic (exact) mass is 392 g/mol. The summed E-state index contributed by atoms with van der Waals surface area (Å²) >= 11 is 0. The van der Waals surface area contributed by atoms with Crippen molar-refractivity contribution in [3.8, 4) is 5.75 Å². The molecule has 1 aromatic carbocycles. The lowest BCUT2D eigenvalue weighted by Gasteiger charge is -2.22. The second-order valence-electron chi connectivity index (χ2n) is 6.83. The maximum atomic E-state index is 12.5. The van der Waals surface area contributed by atoms with Crippen LogP contribution in [0, 0.1) is 11.8 Å². The second-order valence-corrected chi connectivity index (χ2v) is 6.83. The molecule has 1 aliphatic heterocycles. The number of piperidine rings is 1. The molecule has 1 saturated carbocycles. The van der Waals surface area contributed by atoms with Crippen LogP contribution in [0.4, 0.5) is 13.2 Å². The lowest BCUT2D eigenvalue weighted by molar-refractivity contribution is -0.274. The van der Waals surface area contributed by atoms with Crippen LogP contribution in [0.3, 0.4) is 0 Å². The molecule has 2 N–H and O–H groups in total. The van der Waals surface area contributed by atoms with Crippen LogP contribution in [0.2, 0.25) is 0 Å². The Morgan fingerprint density at radius 1 is 1.31 bits per heavy atom. The molecular weight excluding hydrogens is 369 g/mol. The minimum Gasteiger partial charge on any atom is -0.405 e. The third-order valence-electron chi connectivity index (χ3n) is 4.92. The molecule has 0 aromatic heterocycles. The number of amides is 1. The van der Waals surface area contributed by atoms with Crippen LogP contribution in [0.1, 0.15) is 37.2 Å². The van der Waals surface area contributed by atoms with E-state index in [4.69, 9.17) is 0 Å². The van der Waals surface area contributed by atoms with Gasteiger partial charge in [-0.3, -0.25) is 4.79 Å². The van der Waals surface area contributed by atoms with Gasteiger partial charge >= 0.3 is 6.36 Å². The maximum Gasteiger partial charge on any atom is 0.573 e. The summed E-state index contributed by atoms with van der Waals surface area (Å²) in [6.07, 6.45) is -0.883. The predicted molar refractivity (Wildman–Crippen MR) is 94.4 cm³/mol. The van der Waals surface area contributed by atoms with Crippen LogP contribution in [0.25, 0.3) is 0 Å². The zero-order valence-corrected chi connectivity index (χ0v) is 15.2. The molecule has 1 heterocycles. The van der Waals surface area contributed by atoms with Crippen molar-refractivity contribution in [3.63, 3.8) is 0 Å². The van der Waals surface area contributed by atoms with E-state index in [1.807, 2.05) is 0 Å². The van der Waals surface area contributed by atoms with Crippen molar-refractivity contribution < 1.29 is 22.7 Å². The number of carbonyl (C=O) groups excluding carboxylic acids is 1. The maximum absolute atomic E-state index is 12.5. The first-order valence-corrected chi connectivity index (χ1v) is 8.77. The van der Waals surface area contributed by atoms with Gasteiger partial charge < -0.3 is 15.4 Å². The van der Waals surface area contributed by atoms with Crippen molar-refractivity contribution in [3.05, 3.63) is 29.8 Å². The summed E-state index contributed by atoms with van der Waals surface area (Å²) in [5.41, 5.74) is 0.455. The number of hydrogen-bond donors (Lipinski definition) is 2. The van der Waals surface area contributed by atoms with Gasteiger partial charge in [-0.05, 0) is 62.2 Å². The third kappa shape index (κ3) is 5.77. The molecule has 4 nitrogen and oxygen atoms in total. The van der Waals surface area contributed by atoms with E-state index in [-0.39, 0.29) is 35.9 Å². The minimum absolute atomic E-state index is 0. The summed E-state index contributed by atoms with van der Waals surface area (Å²) in [4.78, 5) is 12.2. The van der Waals surface area contributed by atoms with Gasteiger partial charge in [0.25, 0.3) is 0 Å². The number of hydrogen-bond acceptors (Lipinski definition) is 3. The highest BCUT2D eigenvalue weighted by atomic mass is 35.5. The summed E-state index contributed by atoms with van der Waals surface area (Å²) in [6, 6.07) is 6.07. The van der Waals surface area contributed by atoms with E-state index in [2.05, 4.69) is 15.4 Å². The fraction of sp³-hybridized carbons (Fsp3) is 0.611. The van der Waals surface area contributed by atoms with Gasteiger partial charge in [-0.25, -0.2) is 0 Å². The summed E-state index contributed by atoms with van der Waals surface area (Å²) in [5, 5.41) is 6.27. The van der Waals surface area contributed by atoms with Crippen molar-refractivity contribution in [1.82, 2.24) is 10.6 Å². The minimum atomic E-state index is -4.73. The Morgan fingerprint density at radius 3 is 2.77 bits per heavy atom. The molecule has 1 aliphatic carbocycles. The van der Waals surface area contributed by atoms with Crippen molar-refractivity contribution in [2.24, 2.45) is 11.8 Å². The number of benzene rings is 1. The fourth-order valence-corrected chi connectivity index (χ4v) is 3.53. The molecule has 1 aromatic rings. The van der Waals surface area contributed by atoms with Gasteiger partial charge in [0.1, 0.15) is 5.75 Å². The van der Waals surface area contributed by atoms with E-state index in [1.165, 1.54) is 25.0 Å². The molecule has 0 spiro atoms. The normalized spacial score (nSPS) is 25.1. The molecule has 8 heteroatoms. The standard InChI is InChI=1S/C18H23F3N2O2.ClH/c19-18(20,21)25-16-6-2-1-5-13(16)14-10-15(14)17(24)23-9-7-12-4-3-8-22-11-12;/h1-2,5-6,12,14-15,22H,3-4,7-11H2,(H,23,24);1H. The lowest BCUT2D eigenvalue weighted by atomic mass is 9.96. The summed E-state index contributed by atoms with van der Waals surface area (Å²) in [5.74, 6) is -0.151. The molecule has 146 valence electrons. The van der Waals surface area contributed by atoms with Crippen LogP contribution in [0.15, 0.2) is 24.3 Å². The van der Waals surface area contributed by atoms with Gasteiger partial charge in [0, 0.05) is 12.5 Å². The Balaban J connectivity index is 0.00000243. The summed E-state index contributed by atoms with van der Waals surface area (Å²) < 4.78 is 41.6. The SMILES string of the molecule is Cl.O=C(NCCC1CCCNC1)C1CC1c1ccccc1OC(F)(F)F. The Hall–Kier alpha value is -1.47. The van der Waals surface area contributed by atoms with Gasteiger partial charge in [0.05, 0.1) is 0 Å². The van der Waals surface area contributed by atoms with Crippen LogP contribution < -0.4 is 15.4 Å². The van der Waals surface area contributed by atoms with Crippen molar-refractivity contribution >= 4 is 18.3 Å². The molecule has 26 heavy (non-hydrogen) atoms. The first-order chi connectivity index (χ1) is 11.9. The van der Waals surface area contributed by atoms with E-state index < -0.39 is 6.36 Å². The lowest BCUT2D eigenvalue weighted by Crippen LogP contribution is -2.33. The van der Waals surface area contributed by atoms with Crippen molar-refractivity contribution in [2.45, 2.75) is 38.0 Å². The number of nitrogens with one attached hydrogen (secondary N) is 2. The molecule has 3 unspecified atom stereocenters. The molecular formula is C18H24ClF3N2O2. The van der Waals surface area contributed by atoms with E-state index in [1.54, 1.807) is 12.1 Å². The predicted octanol–water partition coefficient (Wildman–Crippen LogP) is 3.62. The molecule has 1 saturated heterocycles. The van der Waals surface area contributed by atoms with Crippen molar-refractivity contribution in [2.75, 3.05) is 19.6 Å². The number of rotatable bonds is 6. The van der Waals surface area contributed by atoms with Gasteiger partial charge in [-0.15, -0.1) is 25.6 Å². The van der Waals surface area contributed by atoms with E-state index >= 15 is 0 Å². The van der Waals surface area contributed by atoms with E-state index in [0.29, 0.717) is 24.4 Å². The van der Waals surface area contributed by atoms with Gasteiger partial charge in [-0.2, -0.15) is 0 Å². The number of halogens is 4. The molecule has 0 radical (unpaired) electrons. The zero-order valence-electron chi connectivity index (χ0n) is 14.3. The van der Waals surface area contributed by atoms with Crippen LogP contribution in [-0.2, 0) is 4.79 Å². The molecule has 3 atom stereocenters. The van der Waals surface area contributed by atoms with Crippen LogP contribution >= 0.6 is 12.4 Å². The largest absolute Gasteiger partial charge is 0.573 e. The van der Waals surface area contributed by atoms with E-state index in [0.717, 1.165) is 19.5 Å². The quantitative estimate of drug-likeness (QED) is 0.777. The second kappa shape index (κ2) is 8.95. The van der Waals surface area contributed by atoms with Gasteiger partial charge in [0.15, 0.2) is 0 Å². The Morgan fingerprint density at radius 2 is 2.08 bits per heavy atom. The Labute approximate surface area is 157 Å². The zero-order chi connectivity index (χ0) is 17.9. The van der Waals surface area contributed by atoms with Gasteiger partial charge in [-0.1, -0.05) is 18.2 Å². The third-order valence-corrected chi connectivity index (χ3v) is 4.92. The summed E-state index contributed by atoms with van der Waals surface area (Å²) in [6.45, 7) is 2.67. The topological polar surface area (TPSA) is 50.4 Å². The number of ether oxygens (including phenoxy) is 1. The smallest absolute Gasteiger partial charge is 0.405 e. The highest BCUT2D eigenvalue weighted by Gasteiger charge is 2.46. The van der Waals surface area contributed by atoms with Crippen molar-refractivity contribution in [1.29, 1.82) is 0 Å². The Bertz CT molecular complexity index is 606. The fourth-order valence-electron chi connectivity index (χ4n) is 3.53. The molecule has 3 rings (SSSR count). The highest BCUT2D eigenvalue weighted by Crippen LogP contribution is 2.51. The number of alkyl halides is 3. The molecule has 1 amide bonds. The van der Waals surface area contributed by atoms with Crippen LogP contribution in [0.5, 0.6) is 5.75 Å². The average molecular weight is 393 g/mol. The van der Waals surface area contributed by atoms with Gasteiger partial charge in [0.2, 0.25) is 5.91 Å². The Kier molecular flexibility index (Phi) is 7.17. The summed E-state index contributed by atoms with van der Waals surface area (Å²) in [7, 11) is 0. The molecule has 0 bridgehead atoms. The first kappa shape index (κ1) is 20.8. The average Bonchev–Trinajstić information content (AvgIpc) is 3.35. The first-order valence-electron chi connectivity index (χ1n) is 8.77. The number of para-hydroxylation sites is 1. The molecule has 2 aliphatic rings. The van der Waals surface area contributed by atoms with E-state index in [9.17, 15) is 18.0 Å². The highest BCUT2D eigenvalue weighted by molar-refractivity contribution is 5.85. The molecule has 2 fully saturated rings.